The number of esters is 1. The van der Waals surface area contributed by atoms with Crippen LogP contribution < -0.4 is 9.47 Å². The molecule has 8 nitrogen and oxygen atoms in total. The fourth-order valence-corrected chi connectivity index (χ4v) is 13.9. The topological polar surface area (TPSA) is 92.7 Å². The molecule has 48 heavy (non-hydrogen) atoms. The van der Waals surface area contributed by atoms with Crippen molar-refractivity contribution in [2.24, 2.45) is 44.8 Å². The Kier molecular flexibility index (Phi) is 5.88. The van der Waals surface area contributed by atoms with Gasteiger partial charge in [0.2, 0.25) is 12.6 Å². The van der Waals surface area contributed by atoms with E-state index in [9.17, 15) is 9.90 Å². The summed E-state index contributed by atoms with van der Waals surface area (Å²) in [5.41, 5.74) is 2.84. The van der Waals surface area contributed by atoms with Crippen molar-refractivity contribution < 1.29 is 38.3 Å². The van der Waals surface area contributed by atoms with Gasteiger partial charge in [-0.25, -0.2) is 4.79 Å². The molecule has 9 aliphatic rings. The first-order valence-electron chi connectivity index (χ1n) is 18.4. The van der Waals surface area contributed by atoms with E-state index in [1.54, 1.807) is 7.11 Å². The van der Waals surface area contributed by atoms with E-state index in [1.807, 2.05) is 19.1 Å². The number of methoxy groups -OCH3 is 1. The van der Waals surface area contributed by atoms with Crippen LogP contribution in [-0.4, -0.2) is 55.7 Å². The summed E-state index contributed by atoms with van der Waals surface area (Å²) < 4.78 is 35.8. The number of hydrogen-bond acceptors (Lipinski definition) is 8. The van der Waals surface area contributed by atoms with Crippen LogP contribution in [0.1, 0.15) is 97.1 Å². The van der Waals surface area contributed by atoms with Gasteiger partial charge in [-0.3, -0.25) is 0 Å². The lowest BCUT2D eigenvalue weighted by Crippen LogP contribution is -2.65. The molecule has 0 unspecified atom stereocenters. The average molecular weight is 659 g/mol. The molecule has 5 aliphatic carbocycles. The molecule has 0 bridgehead atoms. The summed E-state index contributed by atoms with van der Waals surface area (Å²) in [5.74, 6) is 1.29. The monoisotopic (exact) mass is 658 g/mol. The number of fused-ring (bicyclic) bond motifs is 6. The fraction of sp³-hybridized carbons (Fsp3) is 0.725. The van der Waals surface area contributed by atoms with Crippen LogP contribution in [0.3, 0.4) is 0 Å². The van der Waals surface area contributed by atoms with Crippen molar-refractivity contribution in [3.05, 3.63) is 47.1 Å². The van der Waals surface area contributed by atoms with Crippen LogP contribution in [0.5, 0.6) is 11.5 Å². The lowest BCUT2D eigenvalue weighted by Gasteiger charge is -2.68. The van der Waals surface area contributed by atoms with Gasteiger partial charge in [-0.1, -0.05) is 38.5 Å². The standard InChI is InChI=1S/C40H50O8/c1-34(43-5)18-40(47-20-34)17-25(33(42)48-40)26-9-13-39-19-38(26,39)12-10-30-35(2)11-8-24-15-28(23-6-7-27-29(14-23)46-22-45-27)44-21-36(24,3)31(35)16-32(41)37(30,39)4/h6-8,14,17,26,28,30-32,41H,9-13,15-16,18-22H2,1-5H3/t26-,28-,30+,31+,32+,34-,35+,36-,37-,38+,39+,40-/m0/s1. The van der Waals surface area contributed by atoms with Crippen molar-refractivity contribution in [2.45, 2.75) is 109 Å². The van der Waals surface area contributed by atoms with E-state index >= 15 is 0 Å². The van der Waals surface area contributed by atoms with Crippen molar-refractivity contribution in [1.29, 1.82) is 0 Å². The summed E-state index contributed by atoms with van der Waals surface area (Å²) in [7, 11) is 1.69. The summed E-state index contributed by atoms with van der Waals surface area (Å²) in [4.78, 5) is 13.6. The number of benzene rings is 1. The second-order valence-corrected chi connectivity index (χ2v) is 18.1. The maximum Gasteiger partial charge on any atom is 0.336 e. The molecular formula is C40H50O8. The number of carbonyl (C=O) groups excluding carboxylic acids is 1. The lowest BCUT2D eigenvalue weighted by molar-refractivity contribution is -0.224. The van der Waals surface area contributed by atoms with Crippen molar-refractivity contribution in [1.82, 2.24) is 0 Å². The smallest absolute Gasteiger partial charge is 0.336 e. The summed E-state index contributed by atoms with van der Waals surface area (Å²) in [6, 6.07) is 6.19. The van der Waals surface area contributed by atoms with Gasteiger partial charge < -0.3 is 33.5 Å². The summed E-state index contributed by atoms with van der Waals surface area (Å²) in [6.45, 7) is 10.7. The minimum absolute atomic E-state index is 0.00775. The Morgan fingerprint density at radius 2 is 1.81 bits per heavy atom. The Bertz CT molecular complexity index is 1680. The fourth-order valence-electron chi connectivity index (χ4n) is 13.9. The average Bonchev–Trinajstić information content (AvgIpc) is 3.45. The van der Waals surface area contributed by atoms with Crippen molar-refractivity contribution >= 4 is 5.97 Å². The first-order valence-corrected chi connectivity index (χ1v) is 18.4. The highest BCUT2D eigenvalue weighted by Crippen LogP contribution is 2.91. The third kappa shape index (κ3) is 3.49. The van der Waals surface area contributed by atoms with E-state index in [0.29, 0.717) is 31.5 Å². The van der Waals surface area contributed by atoms with E-state index in [4.69, 9.17) is 28.4 Å². The van der Waals surface area contributed by atoms with Crippen LogP contribution in [0, 0.1) is 44.8 Å². The molecule has 1 spiro atoms. The number of hydrogen-bond donors (Lipinski definition) is 1. The Labute approximate surface area is 283 Å². The van der Waals surface area contributed by atoms with Crippen molar-refractivity contribution in [3.8, 4) is 11.5 Å². The number of rotatable bonds is 3. The number of allylic oxidation sites excluding steroid dienone is 1. The van der Waals surface area contributed by atoms with Gasteiger partial charge in [-0.15, -0.1) is 0 Å². The number of aliphatic hydroxyl groups is 1. The van der Waals surface area contributed by atoms with Gasteiger partial charge in [0.1, 0.15) is 0 Å². The summed E-state index contributed by atoms with van der Waals surface area (Å²) in [6.07, 6.45) is 12.8. The van der Waals surface area contributed by atoms with Gasteiger partial charge in [0.25, 0.3) is 0 Å². The zero-order chi connectivity index (χ0) is 33.1. The molecule has 1 aromatic rings. The molecule has 6 fully saturated rings. The lowest BCUT2D eigenvalue weighted by atomic mass is 9.37. The van der Waals surface area contributed by atoms with Gasteiger partial charge in [-0.2, -0.15) is 0 Å². The third-order valence-electron chi connectivity index (χ3n) is 16.4. The Morgan fingerprint density at radius 1 is 0.979 bits per heavy atom. The minimum Gasteiger partial charge on any atom is -0.454 e. The van der Waals surface area contributed by atoms with Gasteiger partial charge in [0.15, 0.2) is 11.5 Å². The van der Waals surface area contributed by atoms with Crippen LogP contribution in [0.4, 0.5) is 0 Å². The molecule has 4 aliphatic heterocycles. The molecule has 2 saturated heterocycles. The molecular weight excluding hydrogens is 608 g/mol. The largest absolute Gasteiger partial charge is 0.454 e. The molecule has 4 heterocycles. The molecule has 0 aromatic heterocycles. The van der Waals surface area contributed by atoms with E-state index in [-0.39, 0.29) is 58.0 Å². The molecule has 12 atom stereocenters. The molecule has 4 saturated carbocycles. The van der Waals surface area contributed by atoms with E-state index in [0.717, 1.165) is 74.0 Å². The predicted octanol–water partition coefficient (Wildman–Crippen LogP) is 6.81. The molecule has 258 valence electrons. The summed E-state index contributed by atoms with van der Waals surface area (Å²) in [5, 5.41) is 12.5. The SMILES string of the molecule is CO[C@]1(C)CO[C@]2(C=C([C@@H]3CC[C@]45C[C@]34CC[C@@H]3[C@@]4(C)CC=C6C[C@@H](c7ccc8c(c7)OCO8)OC[C@]6(C)[C@@H]4C[C@@H](O)[C@]35C)C(=O)O2)C1. The quantitative estimate of drug-likeness (QED) is 0.280. The summed E-state index contributed by atoms with van der Waals surface area (Å²) >= 11 is 0. The molecule has 8 heteroatoms. The van der Waals surface area contributed by atoms with Crippen LogP contribution in [0.15, 0.2) is 41.5 Å². The molecule has 10 rings (SSSR count). The molecule has 0 radical (unpaired) electrons. The molecule has 1 N–H and O–H groups in total. The van der Waals surface area contributed by atoms with Gasteiger partial charge >= 0.3 is 5.97 Å². The molecule has 0 amide bonds. The van der Waals surface area contributed by atoms with Crippen LogP contribution in [0.25, 0.3) is 0 Å². The number of carbonyl (C=O) groups is 1. The normalized spacial score (nSPS) is 52.5. The highest BCUT2D eigenvalue weighted by atomic mass is 16.7. The van der Waals surface area contributed by atoms with Gasteiger partial charge in [0.05, 0.1) is 31.0 Å². The second-order valence-electron chi connectivity index (χ2n) is 18.1. The van der Waals surface area contributed by atoms with Crippen LogP contribution in [0.2, 0.25) is 0 Å². The maximum atomic E-state index is 13.6. The van der Waals surface area contributed by atoms with Crippen molar-refractivity contribution in [2.75, 3.05) is 27.1 Å². The highest BCUT2D eigenvalue weighted by molar-refractivity contribution is 5.92. The van der Waals surface area contributed by atoms with Crippen LogP contribution >= 0.6 is 0 Å². The van der Waals surface area contributed by atoms with Gasteiger partial charge in [0, 0.05) is 29.9 Å². The van der Waals surface area contributed by atoms with Gasteiger partial charge in [-0.05, 0) is 116 Å². The zero-order valence-electron chi connectivity index (χ0n) is 29.1. The Balaban J connectivity index is 0.942. The van der Waals surface area contributed by atoms with Crippen molar-refractivity contribution in [3.63, 3.8) is 0 Å². The predicted molar refractivity (Wildman–Crippen MR) is 175 cm³/mol. The van der Waals surface area contributed by atoms with E-state index in [1.165, 1.54) is 5.57 Å². The van der Waals surface area contributed by atoms with E-state index < -0.39 is 11.4 Å². The van der Waals surface area contributed by atoms with E-state index in [2.05, 4.69) is 39.0 Å². The highest BCUT2D eigenvalue weighted by Gasteiger charge is 2.85. The third-order valence-corrected chi connectivity index (χ3v) is 16.4. The first-order chi connectivity index (χ1) is 22.8. The zero-order valence-corrected chi connectivity index (χ0v) is 29.1. The Hall–Kier alpha value is -2.39. The minimum atomic E-state index is -1.01. The Morgan fingerprint density at radius 3 is 2.62 bits per heavy atom. The maximum absolute atomic E-state index is 13.6. The molecule has 1 aromatic carbocycles. The first kappa shape index (κ1) is 30.4. The second kappa shape index (κ2) is 9.28. The van der Waals surface area contributed by atoms with Crippen LogP contribution in [-0.2, 0) is 23.7 Å². The number of ether oxygens (including phenoxy) is 6. The number of aliphatic hydroxyl groups excluding tert-OH is 1.